The van der Waals surface area contributed by atoms with Gasteiger partial charge in [-0.05, 0) is 36.1 Å². The van der Waals surface area contributed by atoms with Crippen LogP contribution in [0.4, 0.5) is 0 Å². The smallest absolute Gasteiger partial charge is 0.314 e. The van der Waals surface area contributed by atoms with Crippen molar-refractivity contribution in [3.05, 3.63) is 65.7 Å². The van der Waals surface area contributed by atoms with Crippen LogP contribution in [0, 0.1) is 5.92 Å². The first-order valence-corrected chi connectivity index (χ1v) is 9.76. The Kier molecular flexibility index (Phi) is 6.51. The molecular formula is C23H29NO3. The second-order valence-electron chi connectivity index (χ2n) is 7.42. The van der Waals surface area contributed by atoms with E-state index in [0.717, 1.165) is 12.3 Å². The van der Waals surface area contributed by atoms with Gasteiger partial charge in [-0.15, -0.1) is 0 Å². The van der Waals surface area contributed by atoms with Gasteiger partial charge in [-0.25, -0.2) is 0 Å². The maximum absolute atomic E-state index is 12.5. The van der Waals surface area contributed by atoms with Crippen LogP contribution in [0.15, 0.2) is 54.6 Å². The van der Waals surface area contributed by atoms with E-state index in [4.69, 9.17) is 9.47 Å². The van der Waals surface area contributed by atoms with Gasteiger partial charge in [0, 0.05) is 19.6 Å². The van der Waals surface area contributed by atoms with Crippen LogP contribution in [0.2, 0.25) is 0 Å². The van der Waals surface area contributed by atoms with Crippen molar-refractivity contribution in [1.82, 2.24) is 4.90 Å². The summed E-state index contributed by atoms with van der Waals surface area (Å²) in [4.78, 5) is 14.8. The van der Waals surface area contributed by atoms with Gasteiger partial charge < -0.3 is 9.47 Å². The second kappa shape index (κ2) is 9.05. The third-order valence-electron chi connectivity index (χ3n) is 4.99. The van der Waals surface area contributed by atoms with Crippen molar-refractivity contribution in [2.75, 3.05) is 19.7 Å². The monoisotopic (exact) mass is 367 g/mol. The predicted octanol–water partition coefficient (Wildman–Crippen LogP) is 4.25. The Labute approximate surface area is 162 Å². The summed E-state index contributed by atoms with van der Waals surface area (Å²) >= 11 is 0. The van der Waals surface area contributed by atoms with Gasteiger partial charge in [0.25, 0.3) is 0 Å². The molecule has 2 aromatic rings. The topological polar surface area (TPSA) is 38.8 Å². The number of carbonyl (C=O) groups excluding carboxylic acids is 1. The van der Waals surface area contributed by atoms with E-state index in [9.17, 15) is 4.79 Å². The summed E-state index contributed by atoms with van der Waals surface area (Å²) in [5.74, 6) is 0.823. The molecule has 1 aliphatic rings. The molecule has 0 radical (unpaired) electrons. The van der Waals surface area contributed by atoms with E-state index in [0.29, 0.717) is 25.6 Å². The third-order valence-corrected chi connectivity index (χ3v) is 4.99. The molecule has 2 unspecified atom stereocenters. The molecule has 1 aliphatic heterocycles. The minimum Gasteiger partial charge on any atom is -0.488 e. The standard InChI is InChI=1S/C23H29NO3/c1-4-26-23(25)21-15-24(14-18-9-6-5-7-10-18)16-22(21)27-20-12-8-11-19(13-20)17(2)3/h5-13,17,21-22H,4,14-16H2,1-3H3. The third kappa shape index (κ3) is 5.10. The van der Waals surface area contributed by atoms with Crippen LogP contribution in [-0.2, 0) is 16.1 Å². The van der Waals surface area contributed by atoms with Gasteiger partial charge in [0.2, 0.25) is 0 Å². The molecular weight excluding hydrogens is 338 g/mol. The maximum Gasteiger partial charge on any atom is 0.314 e. The highest BCUT2D eigenvalue weighted by molar-refractivity contribution is 5.74. The summed E-state index contributed by atoms with van der Waals surface area (Å²) in [7, 11) is 0. The summed E-state index contributed by atoms with van der Waals surface area (Å²) in [5, 5.41) is 0. The van der Waals surface area contributed by atoms with Crippen molar-refractivity contribution in [3.8, 4) is 5.75 Å². The van der Waals surface area contributed by atoms with E-state index in [1.54, 1.807) is 0 Å². The number of likely N-dealkylation sites (tertiary alicyclic amines) is 1. The zero-order chi connectivity index (χ0) is 19.2. The van der Waals surface area contributed by atoms with E-state index in [1.807, 2.05) is 37.3 Å². The zero-order valence-corrected chi connectivity index (χ0v) is 16.4. The first kappa shape index (κ1) is 19.4. The first-order chi connectivity index (χ1) is 13.1. The number of ether oxygens (including phenoxy) is 2. The van der Waals surface area contributed by atoms with Crippen molar-refractivity contribution >= 4 is 5.97 Å². The van der Waals surface area contributed by atoms with E-state index in [-0.39, 0.29) is 18.0 Å². The Morgan fingerprint density at radius 2 is 1.89 bits per heavy atom. The molecule has 0 saturated carbocycles. The molecule has 0 N–H and O–H groups in total. The van der Waals surface area contributed by atoms with Crippen LogP contribution in [0.1, 0.15) is 37.8 Å². The lowest BCUT2D eigenvalue weighted by atomic mass is 10.0. The van der Waals surface area contributed by atoms with E-state index in [2.05, 4.69) is 43.0 Å². The minimum atomic E-state index is -0.267. The maximum atomic E-state index is 12.5. The molecule has 1 saturated heterocycles. The molecule has 2 atom stereocenters. The van der Waals surface area contributed by atoms with Crippen molar-refractivity contribution in [2.45, 2.75) is 39.3 Å². The lowest BCUT2D eigenvalue weighted by Crippen LogP contribution is -2.33. The van der Waals surface area contributed by atoms with Crippen LogP contribution in [-0.4, -0.2) is 36.7 Å². The zero-order valence-electron chi connectivity index (χ0n) is 16.4. The molecule has 4 heteroatoms. The van der Waals surface area contributed by atoms with Gasteiger partial charge in [0.1, 0.15) is 17.8 Å². The summed E-state index contributed by atoms with van der Waals surface area (Å²) < 4.78 is 11.6. The van der Waals surface area contributed by atoms with Crippen molar-refractivity contribution in [2.24, 2.45) is 5.92 Å². The van der Waals surface area contributed by atoms with Crippen LogP contribution >= 0.6 is 0 Å². The Hall–Kier alpha value is -2.33. The molecule has 2 aromatic carbocycles. The summed E-state index contributed by atoms with van der Waals surface area (Å²) in [5.41, 5.74) is 2.47. The molecule has 1 heterocycles. The summed E-state index contributed by atoms with van der Waals surface area (Å²) in [6.45, 7) is 8.74. The van der Waals surface area contributed by atoms with Gasteiger partial charge in [0.05, 0.1) is 6.61 Å². The van der Waals surface area contributed by atoms with E-state index >= 15 is 0 Å². The number of rotatable bonds is 7. The van der Waals surface area contributed by atoms with Gasteiger partial charge in [-0.2, -0.15) is 0 Å². The summed E-state index contributed by atoms with van der Waals surface area (Å²) in [6, 6.07) is 18.5. The highest BCUT2D eigenvalue weighted by atomic mass is 16.5. The highest BCUT2D eigenvalue weighted by Crippen LogP contribution is 2.27. The fourth-order valence-corrected chi connectivity index (χ4v) is 3.54. The molecule has 0 aliphatic carbocycles. The van der Waals surface area contributed by atoms with Crippen LogP contribution < -0.4 is 4.74 Å². The number of benzene rings is 2. The molecule has 144 valence electrons. The molecule has 4 nitrogen and oxygen atoms in total. The van der Waals surface area contributed by atoms with Crippen molar-refractivity contribution in [3.63, 3.8) is 0 Å². The minimum absolute atomic E-state index is 0.168. The number of nitrogens with zero attached hydrogens (tertiary/aromatic N) is 1. The first-order valence-electron chi connectivity index (χ1n) is 9.76. The van der Waals surface area contributed by atoms with Gasteiger partial charge in [0.15, 0.2) is 0 Å². The normalized spacial score (nSPS) is 20.0. The average Bonchev–Trinajstić information content (AvgIpc) is 3.05. The fraction of sp³-hybridized carbons (Fsp3) is 0.435. The summed E-state index contributed by atoms with van der Waals surface area (Å²) in [6.07, 6.45) is -0.199. The molecule has 27 heavy (non-hydrogen) atoms. The van der Waals surface area contributed by atoms with E-state index < -0.39 is 0 Å². The second-order valence-corrected chi connectivity index (χ2v) is 7.42. The molecule has 0 amide bonds. The largest absolute Gasteiger partial charge is 0.488 e. The van der Waals surface area contributed by atoms with Crippen LogP contribution in [0.3, 0.4) is 0 Å². The average molecular weight is 367 g/mol. The van der Waals surface area contributed by atoms with Crippen LogP contribution in [0.25, 0.3) is 0 Å². The van der Waals surface area contributed by atoms with E-state index in [1.165, 1.54) is 11.1 Å². The number of hydrogen-bond donors (Lipinski definition) is 0. The van der Waals surface area contributed by atoms with Gasteiger partial charge in [-0.3, -0.25) is 9.69 Å². The molecule has 3 rings (SSSR count). The predicted molar refractivity (Wildman–Crippen MR) is 107 cm³/mol. The number of hydrogen-bond acceptors (Lipinski definition) is 4. The lowest BCUT2D eigenvalue weighted by molar-refractivity contribution is -0.149. The lowest BCUT2D eigenvalue weighted by Gasteiger charge is -2.20. The Morgan fingerprint density at radius 1 is 1.11 bits per heavy atom. The fourth-order valence-electron chi connectivity index (χ4n) is 3.54. The van der Waals surface area contributed by atoms with Gasteiger partial charge >= 0.3 is 5.97 Å². The quantitative estimate of drug-likeness (QED) is 0.686. The molecule has 0 aromatic heterocycles. The molecule has 1 fully saturated rings. The van der Waals surface area contributed by atoms with Gasteiger partial charge in [-0.1, -0.05) is 56.3 Å². The van der Waals surface area contributed by atoms with Crippen molar-refractivity contribution < 1.29 is 14.3 Å². The SMILES string of the molecule is CCOC(=O)C1CN(Cc2ccccc2)CC1Oc1cccc(C(C)C)c1. The molecule has 0 bridgehead atoms. The van der Waals surface area contributed by atoms with Crippen LogP contribution in [0.5, 0.6) is 5.75 Å². The number of carbonyl (C=O) groups is 1. The Balaban J connectivity index is 1.73. The Morgan fingerprint density at radius 3 is 2.59 bits per heavy atom. The Bertz CT molecular complexity index is 744. The molecule has 0 spiro atoms. The van der Waals surface area contributed by atoms with Crippen molar-refractivity contribution in [1.29, 1.82) is 0 Å². The number of esters is 1. The highest BCUT2D eigenvalue weighted by Gasteiger charge is 2.40.